The number of rotatable bonds is 5. The number of fused-ring (bicyclic) bond motifs is 1. The highest BCUT2D eigenvalue weighted by Crippen LogP contribution is 2.23. The van der Waals surface area contributed by atoms with Crippen molar-refractivity contribution in [2.75, 3.05) is 13.6 Å². The summed E-state index contributed by atoms with van der Waals surface area (Å²) in [7, 11) is 1.76. The van der Waals surface area contributed by atoms with Crippen LogP contribution in [0, 0.1) is 0 Å². The highest BCUT2D eigenvalue weighted by atomic mass is 35.5. The molecule has 1 aromatic carbocycles. The van der Waals surface area contributed by atoms with Gasteiger partial charge in [0.05, 0.1) is 6.54 Å². The van der Waals surface area contributed by atoms with E-state index in [0.717, 1.165) is 29.0 Å². The lowest BCUT2D eigenvalue weighted by molar-refractivity contribution is 0.508. The van der Waals surface area contributed by atoms with E-state index in [1.807, 2.05) is 40.9 Å². The molecule has 0 aliphatic rings. The van der Waals surface area contributed by atoms with E-state index in [-0.39, 0.29) is 5.41 Å². The Labute approximate surface area is 158 Å². The second-order valence-corrected chi connectivity index (χ2v) is 7.15. The number of nitrogens with one attached hydrogen (secondary N) is 2. The van der Waals surface area contributed by atoms with Crippen molar-refractivity contribution in [2.45, 2.75) is 25.8 Å². The molecule has 7 heteroatoms. The van der Waals surface area contributed by atoms with Crippen molar-refractivity contribution in [1.82, 2.24) is 25.2 Å². The fourth-order valence-electron chi connectivity index (χ4n) is 2.70. The Bertz CT molecular complexity index is 898. The maximum Gasteiger partial charge on any atom is 0.191 e. The van der Waals surface area contributed by atoms with E-state index in [1.165, 1.54) is 5.56 Å². The van der Waals surface area contributed by atoms with Gasteiger partial charge < -0.3 is 10.6 Å². The molecule has 2 heterocycles. The Morgan fingerprint density at radius 3 is 2.62 bits per heavy atom. The molecule has 3 rings (SSSR count). The normalized spacial score (nSPS) is 12.4. The van der Waals surface area contributed by atoms with Gasteiger partial charge in [-0.1, -0.05) is 43.6 Å². The third kappa shape index (κ3) is 4.14. The van der Waals surface area contributed by atoms with Crippen molar-refractivity contribution < 1.29 is 0 Å². The van der Waals surface area contributed by atoms with Crippen LogP contribution in [0.2, 0.25) is 5.02 Å². The number of pyridine rings is 1. The Hall–Kier alpha value is -2.60. The summed E-state index contributed by atoms with van der Waals surface area (Å²) in [6.07, 6.45) is 1.95. The lowest BCUT2D eigenvalue weighted by atomic mass is 9.85. The fourth-order valence-corrected chi connectivity index (χ4v) is 2.83. The maximum absolute atomic E-state index is 5.99. The second-order valence-electron chi connectivity index (χ2n) is 6.72. The predicted octanol–water partition coefficient (Wildman–Crippen LogP) is 3.03. The number of benzene rings is 1. The van der Waals surface area contributed by atoms with Crippen LogP contribution < -0.4 is 10.6 Å². The summed E-state index contributed by atoms with van der Waals surface area (Å²) < 4.78 is 1.96. The molecule has 0 aliphatic heterocycles. The molecule has 0 atom stereocenters. The van der Waals surface area contributed by atoms with Gasteiger partial charge in [-0.05, 0) is 29.8 Å². The van der Waals surface area contributed by atoms with Crippen LogP contribution in [0.4, 0.5) is 0 Å². The molecule has 26 heavy (non-hydrogen) atoms. The maximum atomic E-state index is 5.99. The smallest absolute Gasteiger partial charge is 0.191 e. The Morgan fingerprint density at radius 1 is 1.12 bits per heavy atom. The molecule has 0 amide bonds. The quantitative estimate of drug-likeness (QED) is 0.535. The number of halogens is 1. The summed E-state index contributed by atoms with van der Waals surface area (Å²) in [6, 6.07) is 13.8. The average molecular weight is 371 g/mol. The van der Waals surface area contributed by atoms with Gasteiger partial charge >= 0.3 is 0 Å². The van der Waals surface area contributed by atoms with Crippen LogP contribution in [0.5, 0.6) is 0 Å². The zero-order chi connectivity index (χ0) is 18.6. The first kappa shape index (κ1) is 18.2. The Morgan fingerprint density at radius 2 is 1.88 bits per heavy atom. The van der Waals surface area contributed by atoms with Crippen LogP contribution in [0.1, 0.15) is 25.2 Å². The molecule has 0 saturated heterocycles. The molecule has 0 radical (unpaired) electrons. The van der Waals surface area contributed by atoms with Crippen molar-refractivity contribution in [3.05, 3.63) is 65.1 Å². The summed E-state index contributed by atoms with van der Waals surface area (Å²) in [4.78, 5) is 4.29. The highest BCUT2D eigenvalue weighted by molar-refractivity contribution is 6.30. The van der Waals surface area contributed by atoms with Gasteiger partial charge in [0.2, 0.25) is 0 Å². The summed E-state index contributed by atoms with van der Waals surface area (Å²) in [6.45, 7) is 5.63. The molecule has 0 bridgehead atoms. The van der Waals surface area contributed by atoms with Gasteiger partial charge in [-0.3, -0.25) is 9.39 Å². The molecule has 2 N–H and O–H groups in total. The SMILES string of the molecule is CN=C(NCc1nnc2ccccn12)NCC(C)(C)c1ccc(Cl)cc1. The standard InChI is InChI=1S/C19H23ClN6/c1-19(2,14-7-9-15(20)10-8-14)13-23-18(21-3)22-12-17-25-24-16-6-4-5-11-26(16)17/h4-11H,12-13H2,1-3H3,(H2,21,22,23). The molecule has 0 saturated carbocycles. The first-order valence-electron chi connectivity index (χ1n) is 8.49. The van der Waals surface area contributed by atoms with E-state index < -0.39 is 0 Å². The van der Waals surface area contributed by atoms with E-state index in [0.29, 0.717) is 6.54 Å². The molecule has 0 unspecified atom stereocenters. The minimum Gasteiger partial charge on any atom is -0.356 e. The Kier molecular flexibility index (Phi) is 5.42. The van der Waals surface area contributed by atoms with Crippen LogP contribution in [-0.4, -0.2) is 34.2 Å². The zero-order valence-corrected chi connectivity index (χ0v) is 16.0. The van der Waals surface area contributed by atoms with Gasteiger partial charge in [-0.15, -0.1) is 10.2 Å². The lowest BCUT2D eigenvalue weighted by Gasteiger charge is -2.26. The van der Waals surface area contributed by atoms with Gasteiger partial charge in [0.1, 0.15) is 0 Å². The summed E-state index contributed by atoms with van der Waals surface area (Å²) in [5.74, 6) is 1.56. The lowest BCUT2D eigenvalue weighted by Crippen LogP contribution is -2.43. The van der Waals surface area contributed by atoms with E-state index in [9.17, 15) is 0 Å². The molecule has 0 spiro atoms. The van der Waals surface area contributed by atoms with Gasteiger partial charge in [0.15, 0.2) is 17.4 Å². The first-order valence-corrected chi connectivity index (χ1v) is 8.86. The molecule has 6 nitrogen and oxygen atoms in total. The summed E-state index contributed by atoms with van der Waals surface area (Å²) >= 11 is 5.99. The van der Waals surface area contributed by atoms with Gasteiger partial charge in [-0.25, -0.2) is 0 Å². The third-order valence-electron chi connectivity index (χ3n) is 4.35. The average Bonchev–Trinajstić information content (AvgIpc) is 3.05. The van der Waals surface area contributed by atoms with Crippen LogP contribution in [0.3, 0.4) is 0 Å². The van der Waals surface area contributed by atoms with Crippen molar-refractivity contribution in [3.63, 3.8) is 0 Å². The number of aliphatic imine (C=N–C) groups is 1. The number of hydrogen-bond acceptors (Lipinski definition) is 3. The monoisotopic (exact) mass is 370 g/mol. The van der Waals surface area contributed by atoms with Crippen molar-refractivity contribution >= 4 is 23.2 Å². The number of nitrogens with zero attached hydrogens (tertiary/aromatic N) is 4. The fraction of sp³-hybridized carbons (Fsp3) is 0.316. The van der Waals surface area contributed by atoms with E-state index in [2.05, 4.69) is 51.8 Å². The van der Waals surface area contributed by atoms with Gasteiger partial charge in [-0.2, -0.15) is 0 Å². The molecule has 0 aliphatic carbocycles. The van der Waals surface area contributed by atoms with Crippen molar-refractivity contribution in [3.8, 4) is 0 Å². The highest BCUT2D eigenvalue weighted by Gasteiger charge is 2.21. The van der Waals surface area contributed by atoms with E-state index in [4.69, 9.17) is 11.6 Å². The number of aromatic nitrogens is 3. The summed E-state index contributed by atoms with van der Waals surface area (Å²) in [5.41, 5.74) is 1.98. The molecular formula is C19H23ClN6. The van der Waals surface area contributed by atoms with Crippen LogP contribution in [0.25, 0.3) is 5.65 Å². The predicted molar refractivity (Wildman–Crippen MR) is 106 cm³/mol. The van der Waals surface area contributed by atoms with Gasteiger partial charge in [0, 0.05) is 30.2 Å². The van der Waals surface area contributed by atoms with Crippen LogP contribution in [0.15, 0.2) is 53.7 Å². The van der Waals surface area contributed by atoms with Crippen LogP contribution >= 0.6 is 11.6 Å². The molecule has 136 valence electrons. The first-order chi connectivity index (χ1) is 12.5. The minimum atomic E-state index is -0.0657. The van der Waals surface area contributed by atoms with Gasteiger partial charge in [0.25, 0.3) is 0 Å². The zero-order valence-electron chi connectivity index (χ0n) is 15.2. The molecular weight excluding hydrogens is 348 g/mol. The summed E-state index contributed by atoms with van der Waals surface area (Å²) in [5, 5.41) is 15.8. The largest absolute Gasteiger partial charge is 0.356 e. The molecule has 2 aromatic heterocycles. The molecule has 0 fully saturated rings. The van der Waals surface area contributed by atoms with Crippen molar-refractivity contribution in [2.24, 2.45) is 4.99 Å². The topological polar surface area (TPSA) is 66.6 Å². The van der Waals surface area contributed by atoms with E-state index in [1.54, 1.807) is 7.05 Å². The van der Waals surface area contributed by atoms with E-state index >= 15 is 0 Å². The Balaban J connectivity index is 1.60. The van der Waals surface area contributed by atoms with Crippen molar-refractivity contribution in [1.29, 1.82) is 0 Å². The second kappa shape index (κ2) is 7.74. The van der Waals surface area contributed by atoms with Crippen LogP contribution in [-0.2, 0) is 12.0 Å². The molecule has 3 aromatic rings. The number of guanidine groups is 1. The minimum absolute atomic E-state index is 0.0657. The number of hydrogen-bond donors (Lipinski definition) is 2. The third-order valence-corrected chi connectivity index (χ3v) is 4.60.